The molecule has 0 atom stereocenters. The molecule has 6 heteroatoms. The summed E-state index contributed by atoms with van der Waals surface area (Å²) in [7, 11) is 1.71. The molecule has 0 radical (unpaired) electrons. The second-order valence-corrected chi connectivity index (χ2v) is 4.93. The van der Waals surface area contributed by atoms with Crippen LogP contribution in [0.25, 0.3) is 0 Å². The number of nitrogens with zero attached hydrogens (tertiary/aromatic N) is 3. The van der Waals surface area contributed by atoms with Gasteiger partial charge in [-0.05, 0) is 12.5 Å². The van der Waals surface area contributed by atoms with Gasteiger partial charge in [0, 0.05) is 31.7 Å². The normalized spacial score (nSPS) is 17.4. The Morgan fingerprint density at radius 3 is 3.05 bits per heavy atom. The SMILES string of the molecule is COC1=CC(N2CCn3nc(NC(C)=O)cc32)=CCC1. The van der Waals surface area contributed by atoms with Gasteiger partial charge in [0.2, 0.25) is 5.91 Å². The van der Waals surface area contributed by atoms with Gasteiger partial charge in [-0.1, -0.05) is 6.08 Å². The molecule has 0 unspecified atom stereocenters. The van der Waals surface area contributed by atoms with Crippen molar-refractivity contribution in [1.82, 2.24) is 9.78 Å². The third-order valence-corrected chi connectivity index (χ3v) is 3.50. The minimum absolute atomic E-state index is 0.105. The first-order valence-electron chi connectivity index (χ1n) is 6.75. The molecule has 0 spiro atoms. The molecule has 20 heavy (non-hydrogen) atoms. The molecule has 106 valence electrons. The smallest absolute Gasteiger partial charge is 0.222 e. The molecule has 0 fully saturated rings. The lowest BCUT2D eigenvalue weighted by Gasteiger charge is -2.22. The summed E-state index contributed by atoms with van der Waals surface area (Å²) in [5.74, 6) is 2.51. The Morgan fingerprint density at radius 2 is 2.30 bits per heavy atom. The highest BCUT2D eigenvalue weighted by Gasteiger charge is 2.25. The van der Waals surface area contributed by atoms with Gasteiger partial charge >= 0.3 is 0 Å². The first kappa shape index (κ1) is 12.8. The predicted molar refractivity (Wildman–Crippen MR) is 76.3 cm³/mol. The molecule has 1 aromatic heterocycles. The number of nitrogens with one attached hydrogen (secondary N) is 1. The highest BCUT2D eigenvalue weighted by Crippen LogP contribution is 2.31. The molecule has 3 rings (SSSR count). The van der Waals surface area contributed by atoms with Gasteiger partial charge in [-0.15, -0.1) is 0 Å². The molecule has 0 bridgehead atoms. The number of ether oxygens (including phenoxy) is 1. The Bertz CT molecular complexity index is 600. The zero-order valence-electron chi connectivity index (χ0n) is 11.7. The number of methoxy groups -OCH3 is 1. The van der Waals surface area contributed by atoms with Crippen LogP contribution in [0.5, 0.6) is 0 Å². The number of anilines is 2. The van der Waals surface area contributed by atoms with Gasteiger partial charge in [0.25, 0.3) is 0 Å². The van der Waals surface area contributed by atoms with Gasteiger partial charge in [0.15, 0.2) is 5.82 Å². The Balaban J connectivity index is 1.85. The van der Waals surface area contributed by atoms with Crippen molar-refractivity contribution >= 4 is 17.5 Å². The van der Waals surface area contributed by atoms with Gasteiger partial charge in [-0.3, -0.25) is 4.79 Å². The number of rotatable bonds is 3. The van der Waals surface area contributed by atoms with Crippen LogP contribution >= 0.6 is 0 Å². The summed E-state index contributed by atoms with van der Waals surface area (Å²) in [6.07, 6.45) is 6.22. The topological polar surface area (TPSA) is 59.4 Å². The van der Waals surface area contributed by atoms with Crippen LogP contribution in [0.3, 0.4) is 0 Å². The number of aromatic nitrogens is 2. The fraction of sp³-hybridized carbons (Fsp3) is 0.429. The van der Waals surface area contributed by atoms with E-state index in [0.29, 0.717) is 5.82 Å². The molecule has 1 aromatic rings. The quantitative estimate of drug-likeness (QED) is 0.914. The molecular weight excluding hydrogens is 256 g/mol. The number of hydrogen-bond acceptors (Lipinski definition) is 4. The van der Waals surface area contributed by atoms with E-state index in [0.717, 1.165) is 43.2 Å². The van der Waals surface area contributed by atoms with Crippen LogP contribution in [0.4, 0.5) is 11.6 Å². The summed E-state index contributed by atoms with van der Waals surface area (Å²) < 4.78 is 7.26. The minimum atomic E-state index is -0.105. The third kappa shape index (κ3) is 2.29. The first-order chi connectivity index (χ1) is 9.67. The van der Waals surface area contributed by atoms with Crippen LogP contribution in [-0.4, -0.2) is 29.3 Å². The number of fused-ring (bicyclic) bond motifs is 1. The van der Waals surface area contributed by atoms with Crippen molar-refractivity contribution in [2.45, 2.75) is 26.3 Å². The van der Waals surface area contributed by atoms with Crippen LogP contribution in [0.15, 0.2) is 29.7 Å². The van der Waals surface area contributed by atoms with E-state index in [-0.39, 0.29) is 5.91 Å². The van der Waals surface area contributed by atoms with E-state index in [9.17, 15) is 4.79 Å². The average molecular weight is 274 g/mol. The lowest BCUT2D eigenvalue weighted by Crippen LogP contribution is -2.20. The molecule has 0 saturated carbocycles. The fourth-order valence-corrected chi connectivity index (χ4v) is 2.61. The molecule has 0 saturated heterocycles. The Hall–Kier alpha value is -2.24. The van der Waals surface area contributed by atoms with Crippen LogP contribution in [0.1, 0.15) is 19.8 Å². The van der Waals surface area contributed by atoms with Gasteiger partial charge in [0.1, 0.15) is 5.82 Å². The highest BCUT2D eigenvalue weighted by molar-refractivity contribution is 5.88. The molecular formula is C14H18N4O2. The number of carbonyl (C=O) groups excluding carboxylic acids is 1. The van der Waals surface area contributed by atoms with Crippen LogP contribution in [0.2, 0.25) is 0 Å². The zero-order chi connectivity index (χ0) is 14.1. The molecule has 1 amide bonds. The van der Waals surface area contributed by atoms with Crippen LogP contribution in [0, 0.1) is 0 Å². The second-order valence-electron chi connectivity index (χ2n) is 4.93. The van der Waals surface area contributed by atoms with Crippen molar-refractivity contribution in [2.24, 2.45) is 0 Å². The van der Waals surface area contributed by atoms with Crippen molar-refractivity contribution in [3.8, 4) is 0 Å². The number of allylic oxidation sites excluding steroid dienone is 3. The van der Waals surface area contributed by atoms with E-state index < -0.39 is 0 Å². The second kappa shape index (κ2) is 5.03. The Labute approximate surface area is 117 Å². The van der Waals surface area contributed by atoms with E-state index in [1.165, 1.54) is 6.92 Å². The van der Waals surface area contributed by atoms with E-state index in [1.807, 2.05) is 10.7 Å². The van der Waals surface area contributed by atoms with E-state index in [4.69, 9.17) is 4.74 Å². The van der Waals surface area contributed by atoms with Gasteiger partial charge in [-0.2, -0.15) is 5.10 Å². The van der Waals surface area contributed by atoms with Crippen molar-refractivity contribution in [3.63, 3.8) is 0 Å². The maximum atomic E-state index is 11.1. The van der Waals surface area contributed by atoms with Crippen LogP contribution in [-0.2, 0) is 16.1 Å². The summed E-state index contributed by atoms with van der Waals surface area (Å²) in [5.41, 5.74) is 1.14. The molecule has 2 heterocycles. The van der Waals surface area contributed by atoms with Crippen LogP contribution < -0.4 is 10.2 Å². The van der Waals surface area contributed by atoms with Crippen molar-refractivity contribution in [3.05, 3.63) is 29.7 Å². The molecule has 0 aromatic carbocycles. The van der Waals surface area contributed by atoms with Crippen molar-refractivity contribution in [2.75, 3.05) is 23.9 Å². The molecule has 1 N–H and O–H groups in total. The van der Waals surface area contributed by atoms with E-state index in [1.54, 1.807) is 7.11 Å². The molecule has 2 aliphatic rings. The minimum Gasteiger partial charge on any atom is -0.501 e. The summed E-state index contributed by atoms with van der Waals surface area (Å²) >= 11 is 0. The van der Waals surface area contributed by atoms with Crippen molar-refractivity contribution in [1.29, 1.82) is 0 Å². The third-order valence-electron chi connectivity index (χ3n) is 3.50. The maximum Gasteiger partial charge on any atom is 0.222 e. The summed E-state index contributed by atoms with van der Waals surface area (Å²) in [4.78, 5) is 13.3. The monoisotopic (exact) mass is 274 g/mol. The predicted octanol–water partition coefficient (Wildman–Crippen LogP) is 1.87. The lowest BCUT2D eigenvalue weighted by atomic mass is 10.1. The summed E-state index contributed by atoms with van der Waals surface area (Å²) in [6, 6.07) is 1.91. The summed E-state index contributed by atoms with van der Waals surface area (Å²) in [6.45, 7) is 3.20. The number of carbonyl (C=O) groups is 1. The van der Waals surface area contributed by atoms with E-state index in [2.05, 4.69) is 27.5 Å². The largest absolute Gasteiger partial charge is 0.501 e. The number of amides is 1. The maximum absolute atomic E-state index is 11.1. The highest BCUT2D eigenvalue weighted by atomic mass is 16.5. The summed E-state index contributed by atoms with van der Waals surface area (Å²) in [5, 5.41) is 7.10. The molecule has 1 aliphatic carbocycles. The Kier molecular flexibility index (Phi) is 3.22. The number of hydrogen-bond donors (Lipinski definition) is 1. The zero-order valence-corrected chi connectivity index (χ0v) is 11.7. The van der Waals surface area contributed by atoms with E-state index >= 15 is 0 Å². The van der Waals surface area contributed by atoms with Gasteiger partial charge in [-0.25, -0.2) is 4.68 Å². The molecule has 6 nitrogen and oxygen atoms in total. The fourth-order valence-electron chi connectivity index (χ4n) is 2.61. The standard InChI is InChI=1S/C14H18N4O2/c1-10(19)15-13-9-14-17(6-7-18(14)16-13)11-4-3-5-12(8-11)20-2/h4,8-9H,3,5-7H2,1-2H3,(H,15,16,19). The average Bonchev–Trinajstić information content (AvgIpc) is 2.97. The lowest BCUT2D eigenvalue weighted by molar-refractivity contribution is -0.114. The van der Waals surface area contributed by atoms with Gasteiger partial charge in [0.05, 0.1) is 19.4 Å². The van der Waals surface area contributed by atoms with Gasteiger partial charge < -0.3 is 15.0 Å². The first-order valence-corrected chi connectivity index (χ1v) is 6.75. The van der Waals surface area contributed by atoms with Crippen molar-refractivity contribution < 1.29 is 9.53 Å². The molecule has 1 aliphatic heterocycles. The Morgan fingerprint density at radius 1 is 1.45 bits per heavy atom.